The number of carbonyl (C=O) groups is 3. The second kappa shape index (κ2) is 6.71. The monoisotopic (exact) mass is 309 g/mol. The molecule has 3 N–H and O–H groups in total. The molecule has 1 heterocycles. The number of hydrogen-bond donors (Lipinski definition) is 3. The third kappa shape index (κ3) is 4.86. The SMILES string of the molecule is CC(C)NC(=O)CNC(=O)c1ccc(NC(=O)C2CC2)s1. The molecule has 21 heavy (non-hydrogen) atoms. The molecule has 7 heteroatoms. The van der Waals surface area contributed by atoms with Gasteiger partial charge in [0.15, 0.2) is 0 Å². The molecule has 1 saturated carbocycles. The zero-order chi connectivity index (χ0) is 15.4. The van der Waals surface area contributed by atoms with Gasteiger partial charge in [0.25, 0.3) is 5.91 Å². The highest BCUT2D eigenvalue weighted by Gasteiger charge is 2.29. The fourth-order valence-corrected chi connectivity index (χ4v) is 2.54. The molecule has 0 saturated heterocycles. The lowest BCUT2D eigenvalue weighted by atomic mass is 10.4. The molecule has 0 bridgehead atoms. The van der Waals surface area contributed by atoms with Gasteiger partial charge in [-0.05, 0) is 38.8 Å². The van der Waals surface area contributed by atoms with Crippen molar-refractivity contribution in [3.63, 3.8) is 0 Å². The molecule has 114 valence electrons. The van der Waals surface area contributed by atoms with E-state index in [1.54, 1.807) is 12.1 Å². The van der Waals surface area contributed by atoms with E-state index in [0.717, 1.165) is 12.8 Å². The summed E-state index contributed by atoms with van der Waals surface area (Å²) < 4.78 is 0. The van der Waals surface area contributed by atoms with Crippen molar-refractivity contribution in [1.82, 2.24) is 10.6 Å². The number of amides is 3. The molecule has 0 atom stereocenters. The summed E-state index contributed by atoms with van der Waals surface area (Å²) >= 11 is 1.20. The first kappa shape index (κ1) is 15.5. The Balaban J connectivity index is 1.81. The smallest absolute Gasteiger partial charge is 0.261 e. The van der Waals surface area contributed by atoms with E-state index in [1.165, 1.54) is 11.3 Å². The molecule has 1 aliphatic rings. The quantitative estimate of drug-likeness (QED) is 0.741. The van der Waals surface area contributed by atoms with Gasteiger partial charge in [-0.1, -0.05) is 0 Å². The van der Waals surface area contributed by atoms with E-state index in [1.807, 2.05) is 13.8 Å². The molecule has 1 aromatic heterocycles. The van der Waals surface area contributed by atoms with Crippen LogP contribution in [0.25, 0.3) is 0 Å². The van der Waals surface area contributed by atoms with E-state index in [-0.39, 0.29) is 36.2 Å². The summed E-state index contributed by atoms with van der Waals surface area (Å²) in [6, 6.07) is 3.39. The van der Waals surface area contributed by atoms with E-state index in [2.05, 4.69) is 16.0 Å². The summed E-state index contributed by atoms with van der Waals surface area (Å²) in [7, 11) is 0. The fourth-order valence-electron chi connectivity index (χ4n) is 1.72. The Kier molecular flexibility index (Phi) is 4.95. The van der Waals surface area contributed by atoms with E-state index < -0.39 is 0 Å². The van der Waals surface area contributed by atoms with Gasteiger partial charge in [-0.2, -0.15) is 0 Å². The Bertz CT molecular complexity index is 549. The first-order valence-corrected chi connectivity index (χ1v) is 7.75. The minimum atomic E-state index is -0.314. The minimum Gasteiger partial charge on any atom is -0.352 e. The van der Waals surface area contributed by atoms with E-state index in [0.29, 0.717) is 9.88 Å². The normalized spacial score (nSPS) is 13.9. The number of hydrogen-bond acceptors (Lipinski definition) is 4. The third-order valence-electron chi connectivity index (χ3n) is 2.88. The van der Waals surface area contributed by atoms with Crippen LogP contribution in [0.5, 0.6) is 0 Å². The average Bonchev–Trinajstić information content (AvgIpc) is 3.16. The summed E-state index contributed by atoms with van der Waals surface area (Å²) in [6.45, 7) is 3.65. The molecule has 1 aromatic rings. The maximum absolute atomic E-state index is 11.9. The van der Waals surface area contributed by atoms with E-state index in [9.17, 15) is 14.4 Å². The van der Waals surface area contributed by atoms with E-state index in [4.69, 9.17) is 0 Å². The van der Waals surface area contributed by atoms with Gasteiger partial charge < -0.3 is 16.0 Å². The molecule has 0 aliphatic heterocycles. The van der Waals surface area contributed by atoms with Crippen molar-refractivity contribution in [2.75, 3.05) is 11.9 Å². The van der Waals surface area contributed by atoms with Crippen LogP contribution in [0.3, 0.4) is 0 Å². The van der Waals surface area contributed by atoms with Crippen molar-refractivity contribution in [2.45, 2.75) is 32.7 Å². The highest BCUT2D eigenvalue weighted by atomic mass is 32.1. The van der Waals surface area contributed by atoms with Crippen LogP contribution in [-0.4, -0.2) is 30.3 Å². The van der Waals surface area contributed by atoms with Gasteiger partial charge in [-0.15, -0.1) is 11.3 Å². The topological polar surface area (TPSA) is 87.3 Å². The molecule has 1 fully saturated rings. The number of thiophene rings is 1. The predicted octanol–water partition coefficient (Wildman–Crippen LogP) is 1.35. The highest BCUT2D eigenvalue weighted by molar-refractivity contribution is 7.18. The zero-order valence-electron chi connectivity index (χ0n) is 12.1. The Morgan fingerprint density at radius 2 is 2.00 bits per heavy atom. The Morgan fingerprint density at radius 3 is 2.62 bits per heavy atom. The third-order valence-corrected chi connectivity index (χ3v) is 3.88. The number of anilines is 1. The molecule has 0 radical (unpaired) electrons. The van der Waals surface area contributed by atoms with E-state index >= 15 is 0 Å². The van der Waals surface area contributed by atoms with Gasteiger partial charge in [-0.3, -0.25) is 14.4 Å². The lowest BCUT2D eigenvalue weighted by Gasteiger charge is -2.08. The maximum Gasteiger partial charge on any atom is 0.261 e. The summed E-state index contributed by atoms with van der Waals surface area (Å²) in [6.07, 6.45) is 1.88. The number of rotatable bonds is 6. The van der Waals surface area contributed by atoms with Crippen molar-refractivity contribution in [2.24, 2.45) is 5.92 Å². The van der Waals surface area contributed by atoms with Gasteiger partial charge in [0, 0.05) is 12.0 Å². The Hall–Kier alpha value is -1.89. The first-order valence-electron chi connectivity index (χ1n) is 6.94. The molecule has 3 amide bonds. The first-order chi connectivity index (χ1) is 9.95. The zero-order valence-corrected chi connectivity index (χ0v) is 12.9. The molecule has 0 spiro atoms. The summed E-state index contributed by atoms with van der Waals surface area (Å²) in [5.41, 5.74) is 0. The van der Waals surface area contributed by atoms with Crippen LogP contribution in [0.2, 0.25) is 0 Å². The summed E-state index contributed by atoms with van der Waals surface area (Å²) in [4.78, 5) is 35.4. The predicted molar refractivity (Wildman–Crippen MR) is 81.3 cm³/mol. The van der Waals surface area contributed by atoms with Gasteiger partial charge in [0.2, 0.25) is 11.8 Å². The van der Waals surface area contributed by atoms with Crippen molar-refractivity contribution in [3.05, 3.63) is 17.0 Å². The standard InChI is InChI=1S/C14H19N3O3S/c1-8(2)16-11(18)7-15-14(20)10-5-6-12(21-10)17-13(19)9-3-4-9/h5-6,8-9H,3-4,7H2,1-2H3,(H,15,20)(H,16,18)(H,17,19). The minimum absolute atomic E-state index is 0.0140. The Morgan fingerprint density at radius 1 is 1.29 bits per heavy atom. The molecule has 6 nitrogen and oxygen atoms in total. The van der Waals surface area contributed by atoms with Gasteiger partial charge in [0.1, 0.15) is 0 Å². The van der Waals surface area contributed by atoms with Crippen molar-refractivity contribution in [3.8, 4) is 0 Å². The van der Waals surface area contributed by atoms with Crippen LogP contribution in [0, 0.1) is 5.92 Å². The number of nitrogens with one attached hydrogen (secondary N) is 3. The maximum atomic E-state index is 11.9. The van der Waals surface area contributed by atoms with Crippen molar-refractivity contribution < 1.29 is 14.4 Å². The van der Waals surface area contributed by atoms with Gasteiger partial charge in [-0.25, -0.2) is 0 Å². The van der Waals surface area contributed by atoms with Crippen LogP contribution >= 0.6 is 11.3 Å². The average molecular weight is 309 g/mol. The van der Waals surface area contributed by atoms with Crippen LogP contribution in [0.15, 0.2) is 12.1 Å². The molecule has 2 rings (SSSR count). The number of carbonyl (C=O) groups excluding carboxylic acids is 3. The second-order valence-electron chi connectivity index (χ2n) is 5.33. The van der Waals surface area contributed by atoms with Crippen molar-refractivity contribution in [1.29, 1.82) is 0 Å². The van der Waals surface area contributed by atoms with Crippen molar-refractivity contribution >= 4 is 34.1 Å². The summed E-state index contributed by atoms with van der Waals surface area (Å²) in [5, 5.41) is 8.69. The van der Waals surface area contributed by atoms with Gasteiger partial charge in [0.05, 0.1) is 16.4 Å². The lowest BCUT2D eigenvalue weighted by Crippen LogP contribution is -2.39. The molecule has 0 unspecified atom stereocenters. The fraction of sp³-hybridized carbons (Fsp3) is 0.500. The molecular weight excluding hydrogens is 290 g/mol. The van der Waals surface area contributed by atoms with Crippen LogP contribution in [0.4, 0.5) is 5.00 Å². The molecular formula is C14H19N3O3S. The van der Waals surface area contributed by atoms with Gasteiger partial charge >= 0.3 is 0 Å². The molecule has 0 aromatic carbocycles. The second-order valence-corrected chi connectivity index (χ2v) is 6.42. The summed E-state index contributed by atoms with van der Waals surface area (Å²) in [5.74, 6) is -0.396. The molecule has 1 aliphatic carbocycles. The van der Waals surface area contributed by atoms with Crippen LogP contribution in [-0.2, 0) is 9.59 Å². The van der Waals surface area contributed by atoms with Crippen LogP contribution in [0.1, 0.15) is 36.4 Å². The lowest BCUT2D eigenvalue weighted by molar-refractivity contribution is -0.120. The van der Waals surface area contributed by atoms with Crippen LogP contribution < -0.4 is 16.0 Å². The largest absolute Gasteiger partial charge is 0.352 e. The highest BCUT2D eigenvalue weighted by Crippen LogP contribution is 2.31. The Labute approximate surface area is 127 Å².